The van der Waals surface area contributed by atoms with Gasteiger partial charge in [-0.2, -0.15) is 0 Å². The Morgan fingerprint density at radius 3 is 2.37 bits per heavy atom. The molecule has 9 rings (SSSR count). The lowest BCUT2D eigenvalue weighted by Gasteiger charge is -2.59. The van der Waals surface area contributed by atoms with E-state index < -0.39 is 82.7 Å². The van der Waals surface area contributed by atoms with E-state index in [0.29, 0.717) is 60.1 Å². The van der Waals surface area contributed by atoms with Crippen molar-refractivity contribution in [2.45, 2.75) is 105 Å². The third-order valence-corrected chi connectivity index (χ3v) is 14.9. The van der Waals surface area contributed by atoms with Crippen LogP contribution in [0.2, 0.25) is 0 Å². The summed E-state index contributed by atoms with van der Waals surface area (Å²) in [7, 11) is 0. The summed E-state index contributed by atoms with van der Waals surface area (Å²) in [5.41, 5.74) is -1.02. The molecule has 6 aliphatic rings. The number of benzene rings is 3. The van der Waals surface area contributed by atoms with Gasteiger partial charge in [-0.1, -0.05) is 49.1 Å². The Morgan fingerprint density at radius 1 is 0.908 bits per heavy atom. The monoisotopic (exact) mass is 895 g/mol. The first-order valence-electron chi connectivity index (χ1n) is 22.0. The van der Waals surface area contributed by atoms with Gasteiger partial charge < -0.3 is 60.5 Å². The van der Waals surface area contributed by atoms with Crippen LogP contribution in [0.3, 0.4) is 0 Å². The van der Waals surface area contributed by atoms with Crippen LogP contribution in [-0.2, 0) is 26.2 Å². The van der Waals surface area contributed by atoms with Crippen molar-refractivity contribution >= 4 is 35.6 Å². The number of fused-ring (bicyclic) bond motifs is 5. The average molecular weight is 896 g/mol. The highest BCUT2D eigenvalue weighted by molar-refractivity contribution is 6.32. The number of rotatable bonds is 11. The predicted octanol–water partition coefficient (Wildman–Crippen LogP) is 2.92. The number of carboxylic acids is 1. The number of phenolic OH excluding ortho intramolecular Hbond substituents is 3. The maximum atomic E-state index is 15.2. The van der Waals surface area contributed by atoms with Crippen LogP contribution in [0.25, 0.3) is 6.08 Å². The van der Waals surface area contributed by atoms with E-state index >= 15 is 4.79 Å². The summed E-state index contributed by atoms with van der Waals surface area (Å²) in [6.07, 6.45) is 2.89. The molecule has 17 heteroatoms. The van der Waals surface area contributed by atoms with Crippen molar-refractivity contribution in [3.8, 4) is 23.0 Å². The number of hydrogen-bond acceptors (Lipinski definition) is 15. The zero-order valence-electron chi connectivity index (χ0n) is 35.4. The van der Waals surface area contributed by atoms with Gasteiger partial charge in [-0.05, 0) is 85.6 Å². The van der Waals surface area contributed by atoms with Crippen molar-refractivity contribution in [2.75, 3.05) is 24.8 Å². The molecule has 0 radical (unpaired) electrons. The minimum atomic E-state index is -3.17. The highest BCUT2D eigenvalue weighted by Crippen LogP contribution is 2.76. The Balaban J connectivity index is 1.24. The Morgan fingerprint density at radius 2 is 1.68 bits per heavy atom. The maximum absolute atomic E-state index is 15.2. The molecule has 10 N–H and O–H groups in total. The van der Waals surface area contributed by atoms with Crippen molar-refractivity contribution in [3.05, 3.63) is 94.6 Å². The Kier molecular flexibility index (Phi) is 11.4. The van der Waals surface area contributed by atoms with Crippen molar-refractivity contribution in [2.24, 2.45) is 21.3 Å². The quantitative estimate of drug-likeness (QED) is 0.0753. The molecule has 3 aliphatic carbocycles. The van der Waals surface area contributed by atoms with Crippen LogP contribution in [0, 0.1) is 11.3 Å². The Hall–Kier alpha value is -5.66. The molecule has 2 saturated carbocycles. The number of aliphatic carboxylic acids is 1. The molecule has 17 nitrogen and oxygen atoms in total. The SMILES string of the molecule is O=C(/C=C/c1ccc(O)c(CC2=NCN=C2)c1)N1c2cc(O[C@]3(O)O[C@H](CO)[C@@H](O)[C@H](O)[C@H]3O)c(O)cc2[C@@H]2[C@@]1(C(=O)O)C=C1C[C@@H](CO)CC[C@]12C1(c2ccccc2O)CCCCC1. The summed E-state index contributed by atoms with van der Waals surface area (Å²) in [5, 5.41) is 110. The lowest BCUT2D eigenvalue weighted by Crippen LogP contribution is -2.67. The second-order valence-electron chi connectivity index (χ2n) is 18.2. The molecular weight excluding hydrogens is 843 g/mol. The van der Waals surface area contributed by atoms with Crippen LogP contribution in [-0.4, -0.2) is 131 Å². The van der Waals surface area contributed by atoms with Gasteiger partial charge >= 0.3 is 11.9 Å². The molecule has 1 saturated heterocycles. The van der Waals surface area contributed by atoms with Gasteiger partial charge in [0.2, 0.25) is 0 Å². The number of amides is 1. The fraction of sp³-hybridized carbons (Fsp3) is 0.458. The van der Waals surface area contributed by atoms with Gasteiger partial charge in [0.05, 0.1) is 18.0 Å². The maximum Gasteiger partial charge on any atom is 0.355 e. The molecule has 3 aromatic rings. The fourth-order valence-corrected chi connectivity index (χ4v) is 12.0. The van der Waals surface area contributed by atoms with Crippen LogP contribution in [0.15, 0.2) is 82.3 Å². The number of anilines is 1. The summed E-state index contributed by atoms with van der Waals surface area (Å²) in [6, 6.07) is 14.2. The molecule has 65 heavy (non-hydrogen) atoms. The standard InChI is InChI=1S/C48H53N3O14/c52-23-27-12-15-46(45(13-4-1-5-14-45)32-6-2-3-7-35(32)55)29(17-27)21-47(44(61)62)42(46)31-19-36(56)37(64-48(63)43(60)41(59)40(58)38(24-53)65-48)20-33(31)51(47)39(57)11-9-26-8-10-34(54)28(16-26)18-30-22-49-25-50-30/h2-3,6-11,16,19-22,27,38,40-43,52-56,58-60,63H,1,4-5,12-15,17-18,23-25H2,(H,61,62)/b11-9+/t27-,38+,40+,41-,42-,43+,46-,47+,48-/m0/s1. The third-order valence-electron chi connectivity index (χ3n) is 14.9. The number of para-hydroxylation sites is 1. The number of carbonyl (C=O) groups excluding carboxylic acids is 1. The van der Waals surface area contributed by atoms with Gasteiger partial charge in [0, 0.05) is 59.3 Å². The number of aliphatic hydroxyl groups is 6. The van der Waals surface area contributed by atoms with Crippen molar-refractivity contribution in [1.82, 2.24) is 0 Å². The first-order chi connectivity index (χ1) is 31.1. The van der Waals surface area contributed by atoms with Crippen molar-refractivity contribution < 1.29 is 70.1 Å². The molecular formula is C48H53N3O14. The third kappa shape index (κ3) is 6.86. The van der Waals surface area contributed by atoms with Gasteiger partial charge in [0.1, 0.15) is 36.5 Å². The minimum Gasteiger partial charge on any atom is -0.508 e. The van der Waals surface area contributed by atoms with E-state index in [1.165, 1.54) is 24.3 Å². The van der Waals surface area contributed by atoms with E-state index in [-0.39, 0.29) is 48.4 Å². The molecule has 3 aliphatic heterocycles. The van der Waals surface area contributed by atoms with E-state index in [4.69, 9.17) is 9.47 Å². The lowest BCUT2D eigenvalue weighted by atomic mass is 9.44. The number of aromatic hydroxyl groups is 3. The number of hydrogen-bond donors (Lipinski definition) is 10. The summed E-state index contributed by atoms with van der Waals surface area (Å²) < 4.78 is 11.1. The minimum absolute atomic E-state index is 0.00114. The zero-order valence-corrected chi connectivity index (χ0v) is 35.4. The van der Waals surface area contributed by atoms with Crippen LogP contribution in [0.5, 0.6) is 23.0 Å². The second-order valence-corrected chi connectivity index (χ2v) is 18.2. The van der Waals surface area contributed by atoms with Crippen LogP contribution < -0.4 is 9.64 Å². The molecule has 344 valence electrons. The van der Waals surface area contributed by atoms with Gasteiger partial charge in [-0.15, -0.1) is 0 Å². The van der Waals surface area contributed by atoms with Crippen molar-refractivity contribution in [1.29, 1.82) is 0 Å². The number of aliphatic hydroxyl groups excluding tert-OH is 5. The predicted molar refractivity (Wildman–Crippen MR) is 234 cm³/mol. The summed E-state index contributed by atoms with van der Waals surface area (Å²) in [5.74, 6) is -7.97. The molecule has 1 amide bonds. The van der Waals surface area contributed by atoms with Gasteiger partial charge in [-0.25, -0.2) is 4.79 Å². The Labute approximate surface area is 373 Å². The second kappa shape index (κ2) is 16.6. The first-order valence-corrected chi connectivity index (χ1v) is 22.0. The van der Waals surface area contributed by atoms with E-state index in [2.05, 4.69) is 9.98 Å². The number of allylic oxidation sites excluding steroid dienone is 1. The molecule has 9 atom stereocenters. The van der Waals surface area contributed by atoms with Gasteiger partial charge in [-0.3, -0.25) is 19.7 Å². The molecule has 0 unspecified atom stereocenters. The van der Waals surface area contributed by atoms with E-state index in [0.717, 1.165) is 30.2 Å². The summed E-state index contributed by atoms with van der Waals surface area (Å²) >= 11 is 0. The molecule has 0 bridgehead atoms. The summed E-state index contributed by atoms with van der Waals surface area (Å²) in [6.45, 7) is -0.798. The normalized spacial score (nSPS) is 32.4. The van der Waals surface area contributed by atoms with Crippen LogP contribution in [0.4, 0.5) is 5.69 Å². The van der Waals surface area contributed by atoms with Crippen LogP contribution >= 0.6 is 0 Å². The number of phenols is 3. The molecule has 3 fully saturated rings. The van der Waals surface area contributed by atoms with E-state index in [9.17, 15) is 55.9 Å². The lowest BCUT2D eigenvalue weighted by molar-refractivity contribution is -0.422. The van der Waals surface area contributed by atoms with Crippen molar-refractivity contribution in [3.63, 3.8) is 0 Å². The molecule has 0 aromatic heterocycles. The largest absolute Gasteiger partial charge is 0.508 e. The number of ether oxygens (including phenoxy) is 2. The molecule has 3 aromatic carbocycles. The zero-order chi connectivity index (χ0) is 46.1. The highest BCUT2D eigenvalue weighted by atomic mass is 16.8. The van der Waals surface area contributed by atoms with E-state index in [1.54, 1.807) is 36.6 Å². The molecule has 3 heterocycles. The fourth-order valence-electron chi connectivity index (χ4n) is 12.0. The van der Waals surface area contributed by atoms with Crippen LogP contribution in [0.1, 0.15) is 79.5 Å². The first kappa shape index (κ1) is 44.5. The molecule has 0 spiro atoms. The number of aliphatic imine (C=N–C) groups is 2. The Bertz CT molecular complexity index is 2520. The summed E-state index contributed by atoms with van der Waals surface area (Å²) in [4.78, 5) is 39.3. The smallest absolute Gasteiger partial charge is 0.355 e. The van der Waals surface area contributed by atoms with E-state index in [1.807, 2.05) is 12.1 Å². The topological polar surface area (TPSA) is 283 Å². The highest BCUT2D eigenvalue weighted by Gasteiger charge is 2.75. The number of carboxylic acid groups (broad SMARTS) is 1. The van der Waals surface area contributed by atoms with Gasteiger partial charge in [0.25, 0.3) is 5.91 Å². The number of carbonyl (C=O) groups is 2. The number of nitrogens with zero attached hydrogens (tertiary/aromatic N) is 3. The van der Waals surface area contributed by atoms with Gasteiger partial charge in [0.15, 0.2) is 23.1 Å². The average Bonchev–Trinajstić information content (AvgIpc) is 4.00.